The molecule has 2 heteroatoms. The van der Waals surface area contributed by atoms with E-state index in [1.807, 2.05) is 6.20 Å². The van der Waals surface area contributed by atoms with Gasteiger partial charge in [0.2, 0.25) is 0 Å². The lowest BCUT2D eigenvalue weighted by atomic mass is 9.69. The van der Waals surface area contributed by atoms with Crippen molar-refractivity contribution in [3.63, 3.8) is 0 Å². The van der Waals surface area contributed by atoms with Crippen molar-refractivity contribution < 1.29 is 0 Å². The van der Waals surface area contributed by atoms with Crippen LogP contribution in [0.3, 0.4) is 0 Å². The number of hydrogen-bond acceptors (Lipinski definition) is 1. The van der Waals surface area contributed by atoms with E-state index in [0.717, 1.165) is 18.3 Å². The van der Waals surface area contributed by atoms with Gasteiger partial charge in [-0.2, -0.15) is 0 Å². The van der Waals surface area contributed by atoms with Gasteiger partial charge in [0.1, 0.15) is 0 Å². The third-order valence-corrected chi connectivity index (χ3v) is 5.96. The zero-order valence-electron chi connectivity index (χ0n) is 13.3. The van der Waals surface area contributed by atoms with Crippen molar-refractivity contribution >= 4 is 15.9 Å². The Kier molecular flexibility index (Phi) is 5.28. The molecule has 0 N–H and O–H groups in total. The van der Waals surface area contributed by atoms with Gasteiger partial charge in [-0.3, -0.25) is 4.98 Å². The molecule has 1 atom stereocenters. The Morgan fingerprint density at radius 2 is 1.85 bits per heavy atom. The predicted molar refractivity (Wildman–Crippen MR) is 90.3 cm³/mol. The first-order valence-corrected chi connectivity index (χ1v) is 8.83. The van der Waals surface area contributed by atoms with Crippen molar-refractivity contribution in [1.29, 1.82) is 0 Å². The van der Waals surface area contributed by atoms with Gasteiger partial charge >= 0.3 is 0 Å². The van der Waals surface area contributed by atoms with Gasteiger partial charge in [-0.1, -0.05) is 42.8 Å². The molecule has 1 aliphatic rings. The summed E-state index contributed by atoms with van der Waals surface area (Å²) < 4.78 is 0. The zero-order valence-corrected chi connectivity index (χ0v) is 14.9. The third kappa shape index (κ3) is 4.31. The van der Waals surface area contributed by atoms with Crippen molar-refractivity contribution in [3.8, 4) is 0 Å². The van der Waals surface area contributed by atoms with Crippen LogP contribution in [0.5, 0.6) is 0 Å². The summed E-state index contributed by atoms with van der Waals surface area (Å²) in [5, 5.41) is 0. The Balaban J connectivity index is 1.85. The van der Waals surface area contributed by atoms with Crippen molar-refractivity contribution in [1.82, 2.24) is 4.98 Å². The Morgan fingerprint density at radius 1 is 1.20 bits per heavy atom. The van der Waals surface area contributed by atoms with Crippen LogP contribution in [0.25, 0.3) is 0 Å². The fourth-order valence-corrected chi connectivity index (χ4v) is 4.19. The minimum Gasteiger partial charge on any atom is -0.261 e. The van der Waals surface area contributed by atoms with Crippen LogP contribution < -0.4 is 0 Å². The second kappa shape index (κ2) is 6.60. The zero-order chi connectivity index (χ0) is 14.8. The first-order chi connectivity index (χ1) is 9.36. The molecule has 1 aromatic heterocycles. The lowest BCUT2D eigenvalue weighted by molar-refractivity contribution is 0.149. The van der Waals surface area contributed by atoms with E-state index in [2.05, 4.69) is 60.7 Å². The van der Waals surface area contributed by atoms with Gasteiger partial charge in [-0.15, -0.1) is 0 Å². The average molecular weight is 338 g/mol. The van der Waals surface area contributed by atoms with Crippen LogP contribution in [-0.2, 0) is 6.42 Å². The lowest BCUT2D eigenvalue weighted by Gasteiger charge is -2.38. The Morgan fingerprint density at radius 3 is 2.35 bits per heavy atom. The number of aromatic nitrogens is 1. The second-order valence-electron chi connectivity index (χ2n) is 7.52. The molecular formula is C18H28BrN. The maximum Gasteiger partial charge on any atom is 0.0415 e. The highest BCUT2D eigenvalue weighted by molar-refractivity contribution is 9.09. The highest BCUT2D eigenvalue weighted by Crippen LogP contribution is 2.42. The van der Waals surface area contributed by atoms with E-state index in [0.29, 0.717) is 10.2 Å². The number of aryl methyl sites for hydroxylation is 1. The molecule has 2 rings (SSSR count). The first kappa shape index (κ1) is 16.0. The van der Waals surface area contributed by atoms with Crippen LogP contribution in [0.4, 0.5) is 0 Å². The number of hydrogen-bond donors (Lipinski definition) is 0. The van der Waals surface area contributed by atoms with Crippen molar-refractivity contribution in [2.24, 2.45) is 17.3 Å². The molecule has 0 radical (unpaired) electrons. The van der Waals surface area contributed by atoms with Gasteiger partial charge in [0.25, 0.3) is 0 Å². The van der Waals surface area contributed by atoms with Crippen molar-refractivity contribution in [3.05, 3.63) is 29.6 Å². The van der Waals surface area contributed by atoms with E-state index < -0.39 is 0 Å². The molecule has 1 saturated carbocycles. The van der Waals surface area contributed by atoms with E-state index in [4.69, 9.17) is 0 Å². The van der Waals surface area contributed by atoms with Crippen LogP contribution in [0.15, 0.2) is 18.3 Å². The summed E-state index contributed by atoms with van der Waals surface area (Å²) in [5.41, 5.74) is 2.94. The van der Waals surface area contributed by atoms with E-state index in [-0.39, 0.29) is 0 Å². The standard InChI is InChI=1S/C18H28BrN/c1-13-5-10-16(20-12-13)11-17(19)14-6-8-15(9-7-14)18(2,3)4/h5,10,12,14-15,17H,6-9,11H2,1-4H3. The highest BCUT2D eigenvalue weighted by Gasteiger charge is 2.32. The van der Waals surface area contributed by atoms with Gasteiger partial charge in [-0.05, 0) is 61.5 Å². The minimum atomic E-state index is 0.477. The molecular weight excluding hydrogens is 310 g/mol. The quantitative estimate of drug-likeness (QED) is 0.659. The highest BCUT2D eigenvalue weighted by atomic mass is 79.9. The molecule has 0 spiro atoms. The molecule has 0 aromatic carbocycles. The first-order valence-electron chi connectivity index (χ1n) is 7.92. The summed E-state index contributed by atoms with van der Waals surface area (Å²) in [6.45, 7) is 9.26. The fourth-order valence-electron chi connectivity index (χ4n) is 3.33. The van der Waals surface area contributed by atoms with Gasteiger partial charge in [0, 0.05) is 23.1 Å². The molecule has 1 fully saturated rings. The van der Waals surface area contributed by atoms with Crippen LogP contribution in [0.2, 0.25) is 0 Å². The molecule has 0 bridgehead atoms. The summed E-state index contributed by atoms with van der Waals surface area (Å²) in [6.07, 6.45) is 8.54. The molecule has 1 nitrogen and oxygen atoms in total. The molecule has 20 heavy (non-hydrogen) atoms. The average Bonchev–Trinajstić information content (AvgIpc) is 2.40. The van der Waals surface area contributed by atoms with E-state index in [1.54, 1.807) is 0 Å². The Bertz CT molecular complexity index is 410. The molecule has 1 aliphatic carbocycles. The Labute approximate surface area is 132 Å². The number of halogens is 1. The third-order valence-electron chi connectivity index (χ3n) is 4.88. The summed E-state index contributed by atoms with van der Waals surface area (Å²) >= 11 is 3.93. The Hall–Kier alpha value is -0.370. The minimum absolute atomic E-state index is 0.477. The van der Waals surface area contributed by atoms with Crippen molar-refractivity contribution in [2.75, 3.05) is 0 Å². The van der Waals surface area contributed by atoms with Crippen LogP contribution in [0, 0.1) is 24.2 Å². The van der Waals surface area contributed by atoms with E-state index >= 15 is 0 Å². The summed E-state index contributed by atoms with van der Waals surface area (Å²) in [5.74, 6) is 1.72. The van der Waals surface area contributed by atoms with Crippen LogP contribution >= 0.6 is 15.9 Å². The van der Waals surface area contributed by atoms with E-state index in [1.165, 1.54) is 36.9 Å². The summed E-state index contributed by atoms with van der Waals surface area (Å²) in [4.78, 5) is 5.12. The largest absolute Gasteiger partial charge is 0.261 e. The number of rotatable bonds is 3. The number of nitrogens with zero attached hydrogens (tertiary/aromatic N) is 1. The van der Waals surface area contributed by atoms with Gasteiger partial charge < -0.3 is 0 Å². The molecule has 1 unspecified atom stereocenters. The molecule has 112 valence electrons. The fraction of sp³-hybridized carbons (Fsp3) is 0.722. The topological polar surface area (TPSA) is 12.9 Å². The molecule has 0 saturated heterocycles. The SMILES string of the molecule is Cc1ccc(CC(Br)C2CCC(C(C)(C)C)CC2)nc1. The monoisotopic (exact) mass is 337 g/mol. The molecule has 0 aliphatic heterocycles. The van der Waals surface area contributed by atoms with Gasteiger partial charge in [0.15, 0.2) is 0 Å². The second-order valence-corrected chi connectivity index (χ2v) is 8.70. The normalized spacial score (nSPS) is 25.4. The summed E-state index contributed by atoms with van der Waals surface area (Å²) in [7, 11) is 0. The molecule has 0 amide bonds. The predicted octanol–water partition coefficient (Wildman–Crippen LogP) is 5.55. The smallest absolute Gasteiger partial charge is 0.0415 e. The van der Waals surface area contributed by atoms with Crippen LogP contribution in [-0.4, -0.2) is 9.81 Å². The lowest BCUT2D eigenvalue weighted by Crippen LogP contribution is -2.29. The number of alkyl halides is 1. The van der Waals surface area contributed by atoms with Gasteiger partial charge in [0.05, 0.1) is 0 Å². The number of pyridine rings is 1. The van der Waals surface area contributed by atoms with Crippen LogP contribution in [0.1, 0.15) is 57.7 Å². The summed E-state index contributed by atoms with van der Waals surface area (Å²) in [6, 6.07) is 4.34. The maximum absolute atomic E-state index is 4.54. The molecule has 1 heterocycles. The van der Waals surface area contributed by atoms with Gasteiger partial charge in [-0.25, -0.2) is 0 Å². The van der Waals surface area contributed by atoms with E-state index in [9.17, 15) is 0 Å². The molecule has 1 aromatic rings. The van der Waals surface area contributed by atoms with Crippen molar-refractivity contribution in [2.45, 2.75) is 64.6 Å². The maximum atomic E-state index is 4.54.